The molecule has 0 spiro atoms. The number of aliphatic hydroxyl groups is 4. The zero-order valence-corrected chi connectivity index (χ0v) is 19.8. The van der Waals surface area contributed by atoms with Gasteiger partial charge in [-0.1, -0.05) is 18.2 Å². The lowest BCUT2D eigenvalue weighted by atomic mass is 10.1. The van der Waals surface area contributed by atoms with Crippen molar-refractivity contribution in [2.24, 2.45) is 0 Å². The van der Waals surface area contributed by atoms with Crippen LogP contribution in [0.3, 0.4) is 0 Å². The topological polar surface area (TPSA) is 160 Å². The molecular formula is C27H30O9. The van der Waals surface area contributed by atoms with E-state index in [-0.39, 0.29) is 29.6 Å². The van der Waals surface area contributed by atoms with E-state index in [1.807, 2.05) is 0 Å². The van der Waals surface area contributed by atoms with E-state index in [1.165, 1.54) is 32.4 Å². The predicted octanol–water partition coefficient (Wildman–Crippen LogP) is 5.27. The van der Waals surface area contributed by atoms with E-state index < -0.39 is 0 Å². The number of aromatic hydroxyl groups is 3. The Morgan fingerprint density at radius 3 is 1.67 bits per heavy atom. The van der Waals surface area contributed by atoms with Crippen LogP contribution in [0, 0.1) is 0 Å². The molecule has 0 aliphatic carbocycles. The fourth-order valence-electron chi connectivity index (χ4n) is 2.70. The number of phenols is 3. The second-order valence-electron chi connectivity index (χ2n) is 6.86. The third-order valence-electron chi connectivity index (χ3n) is 4.46. The average Bonchev–Trinajstić information content (AvgIpc) is 2.88. The lowest BCUT2D eigenvalue weighted by Crippen LogP contribution is -1.91. The van der Waals surface area contributed by atoms with Gasteiger partial charge in [-0.2, -0.15) is 0 Å². The van der Waals surface area contributed by atoms with Crippen LogP contribution in [0.25, 0.3) is 18.2 Å². The zero-order chi connectivity index (χ0) is 26.9. The number of ether oxygens (including phenoxy) is 2. The standard InChI is InChI=1S/C10H12O4.C9H10O3.C8H8O2/c1-14-9-5-7(2-3-11)4-8(6-12)10(9)13;1-12-9-6-7(4-5-10)2-3-8(9)11;9-6-5-7-1-3-8(10)4-2-7/h2-5,11-13H,6H2,1H3;2-6,10-11H,1H3;1-6,9-10H/b3-2+;5-4+;6-5+. The van der Waals surface area contributed by atoms with E-state index in [0.717, 1.165) is 29.9 Å². The Morgan fingerprint density at radius 2 is 1.14 bits per heavy atom. The maximum atomic E-state index is 9.51. The molecule has 0 saturated carbocycles. The monoisotopic (exact) mass is 498 g/mol. The zero-order valence-electron chi connectivity index (χ0n) is 19.8. The minimum Gasteiger partial charge on any atom is -0.516 e. The molecule has 0 saturated heterocycles. The van der Waals surface area contributed by atoms with Gasteiger partial charge in [-0.15, -0.1) is 0 Å². The summed E-state index contributed by atoms with van der Waals surface area (Å²) >= 11 is 0. The molecule has 7 N–H and O–H groups in total. The van der Waals surface area contributed by atoms with Gasteiger partial charge in [0.2, 0.25) is 0 Å². The Bertz CT molecular complexity index is 1130. The molecule has 0 aliphatic heterocycles. The SMILES string of the molecule is COc1cc(/C=C/O)cc(CO)c1O.COc1cc(/C=C/O)ccc1O.O/C=C/c1ccc(O)cc1. The molecule has 0 heterocycles. The maximum absolute atomic E-state index is 9.51. The molecule has 3 aromatic rings. The predicted molar refractivity (Wildman–Crippen MR) is 138 cm³/mol. The van der Waals surface area contributed by atoms with Crippen LogP contribution in [0.4, 0.5) is 0 Å². The summed E-state index contributed by atoms with van der Waals surface area (Å²) in [6, 6.07) is 14.5. The number of rotatable bonds is 6. The molecule has 0 aliphatic rings. The molecule has 3 rings (SSSR count). The van der Waals surface area contributed by atoms with Crippen molar-refractivity contribution in [1.29, 1.82) is 0 Å². The van der Waals surface area contributed by atoms with Gasteiger partial charge in [0.05, 0.1) is 39.6 Å². The van der Waals surface area contributed by atoms with Gasteiger partial charge in [0.25, 0.3) is 0 Å². The normalized spacial score (nSPS) is 10.5. The molecule has 0 radical (unpaired) electrons. The molecular weight excluding hydrogens is 468 g/mol. The minimum atomic E-state index is -0.282. The highest BCUT2D eigenvalue weighted by Gasteiger charge is 2.08. The number of phenolic OH excluding ortho intramolecular Hbond substituents is 2. The van der Waals surface area contributed by atoms with Crippen molar-refractivity contribution in [3.63, 3.8) is 0 Å². The van der Waals surface area contributed by atoms with E-state index in [1.54, 1.807) is 54.6 Å². The maximum Gasteiger partial charge on any atom is 0.163 e. The summed E-state index contributed by atoms with van der Waals surface area (Å²) in [5.74, 6) is 0.906. The Balaban J connectivity index is 0.000000274. The van der Waals surface area contributed by atoms with Crippen LogP contribution in [0.2, 0.25) is 0 Å². The Labute approximate surface area is 209 Å². The van der Waals surface area contributed by atoms with E-state index in [9.17, 15) is 10.2 Å². The molecule has 3 aromatic carbocycles. The van der Waals surface area contributed by atoms with E-state index in [2.05, 4.69) is 0 Å². The number of hydrogen-bond donors (Lipinski definition) is 7. The van der Waals surface area contributed by atoms with Gasteiger partial charge in [-0.3, -0.25) is 0 Å². The van der Waals surface area contributed by atoms with Crippen molar-refractivity contribution in [2.45, 2.75) is 6.61 Å². The minimum absolute atomic E-state index is 0.0786. The molecule has 192 valence electrons. The van der Waals surface area contributed by atoms with Gasteiger partial charge < -0.3 is 45.2 Å². The summed E-state index contributed by atoms with van der Waals surface area (Å²) in [6.45, 7) is -0.282. The number of hydrogen-bond acceptors (Lipinski definition) is 9. The summed E-state index contributed by atoms with van der Waals surface area (Å²) in [7, 11) is 2.89. The second-order valence-corrected chi connectivity index (χ2v) is 6.86. The third-order valence-corrected chi connectivity index (χ3v) is 4.46. The molecule has 9 nitrogen and oxygen atoms in total. The number of methoxy groups -OCH3 is 2. The average molecular weight is 499 g/mol. The van der Waals surface area contributed by atoms with Gasteiger partial charge in [0.15, 0.2) is 23.0 Å². The molecule has 36 heavy (non-hydrogen) atoms. The first-order valence-corrected chi connectivity index (χ1v) is 10.4. The Hall–Kier alpha value is -4.76. The van der Waals surface area contributed by atoms with Crippen LogP contribution in [0.15, 0.2) is 73.4 Å². The molecule has 0 unspecified atom stereocenters. The number of aliphatic hydroxyl groups excluding tert-OH is 4. The van der Waals surface area contributed by atoms with Gasteiger partial charge in [0, 0.05) is 5.56 Å². The van der Waals surface area contributed by atoms with Crippen molar-refractivity contribution in [1.82, 2.24) is 0 Å². The van der Waals surface area contributed by atoms with Crippen molar-refractivity contribution >= 4 is 18.2 Å². The first-order valence-electron chi connectivity index (χ1n) is 10.4. The van der Waals surface area contributed by atoms with Crippen LogP contribution in [-0.4, -0.2) is 50.0 Å². The van der Waals surface area contributed by atoms with Crippen LogP contribution in [0.5, 0.6) is 28.7 Å². The van der Waals surface area contributed by atoms with Gasteiger partial charge in [-0.25, -0.2) is 0 Å². The molecule has 0 aromatic heterocycles. The van der Waals surface area contributed by atoms with Gasteiger partial charge >= 0.3 is 0 Å². The largest absolute Gasteiger partial charge is 0.516 e. The molecule has 9 heteroatoms. The summed E-state index contributed by atoms with van der Waals surface area (Å²) < 4.78 is 9.76. The molecule has 0 amide bonds. The van der Waals surface area contributed by atoms with Crippen molar-refractivity contribution in [2.75, 3.05) is 14.2 Å². The highest BCUT2D eigenvalue weighted by atomic mass is 16.5. The molecule has 0 atom stereocenters. The third kappa shape index (κ3) is 9.62. The van der Waals surface area contributed by atoms with Crippen molar-refractivity contribution in [3.05, 3.63) is 95.6 Å². The quantitative estimate of drug-likeness (QED) is 0.225. The van der Waals surface area contributed by atoms with Crippen LogP contribution >= 0.6 is 0 Å². The number of benzene rings is 3. The second kappa shape index (κ2) is 16.0. The van der Waals surface area contributed by atoms with Crippen LogP contribution in [-0.2, 0) is 6.61 Å². The first-order chi connectivity index (χ1) is 17.3. The molecule has 0 bridgehead atoms. The van der Waals surface area contributed by atoms with E-state index >= 15 is 0 Å². The fraction of sp³-hybridized carbons (Fsp3) is 0.111. The lowest BCUT2D eigenvalue weighted by molar-refractivity contribution is 0.272. The fourth-order valence-corrected chi connectivity index (χ4v) is 2.70. The Kier molecular flexibility index (Phi) is 13.0. The smallest absolute Gasteiger partial charge is 0.163 e. The van der Waals surface area contributed by atoms with Gasteiger partial charge in [-0.05, 0) is 71.3 Å². The lowest BCUT2D eigenvalue weighted by Gasteiger charge is -2.08. The summed E-state index contributed by atoms with van der Waals surface area (Å²) in [6.07, 6.45) is 7.26. The summed E-state index contributed by atoms with van der Waals surface area (Å²) in [4.78, 5) is 0. The highest BCUT2D eigenvalue weighted by Crippen LogP contribution is 2.31. The van der Waals surface area contributed by atoms with Crippen LogP contribution in [0.1, 0.15) is 22.3 Å². The first kappa shape index (κ1) is 29.3. The highest BCUT2D eigenvalue weighted by molar-refractivity contribution is 5.58. The summed E-state index contributed by atoms with van der Waals surface area (Å²) in [5, 5.41) is 61.9. The van der Waals surface area contributed by atoms with Crippen LogP contribution < -0.4 is 9.47 Å². The van der Waals surface area contributed by atoms with Crippen molar-refractivity contribution < 1.29 is 45.2 Å². The van der Waals surface area contributed by atoms with E-state index in [0.29, 0.717) is 16.9 Å². The van der Waals surface area contributed by atoms with Gasteiger partial charge in [0.1, 0.15) is 5.75 Å². The van der Waals surface area contributed by atoms with Crippen molar-refractivity contribution in [3.8, 4) is 28.7 Å². The summed E-state index contributed by atoms with van der Waals surface area (Å²) in [5.41, 5.74) is 2.64. The van der Waals surface area contributed by atoms with E-state index in [4.69, 9.17) is 35.0 Å². The molecule has 0 fully saturated rings. The Morgan fingerprint density at radius 1 is 0.639 bits per heavy atom.